The second-order valence-electron chi connectivity index (χ2n) is 7.51. The number of allylic oxidation sites excluding steroid dienone is 1. The molecule has 0 radical (unpaired) electrons. The number of methoxy groups -OCH3 is 1. The van der Waals surface area contributed by atoms with E-state index in [1.807, 2.05) is 6.07 Å². The third-order valence-electron chi connectivity index (χ3n) is 6.19. The van der Waals surface area contributed by atoms with Crippen LogP contribution in [0.2, 0.25) is 0 Å². The molecule has 1 saturated heterocycles. The van der Waals surface area contributed by atoms with E-state index in [0.29, 0.717) is 5.92 Å². The molecule has 1 aromatic heterocycles. The van der Waals surface area contributed by atoms with Gasteiger partial charge in [-0.15, -0.1) is 0 Å². The van der Waals surface area contributed by atoms with Crippen LogP contribution in [-0.4, -0.2) is 35.9 Å². The van der Waals surface area contributed by atoms with Gasteiger partial charge in [0.25, 0.3) is 0 Å². The highest BCUT2D eigenvalue weighted by atomic mass is 16.5. The van der Waals surface area contributed by atoms with E-state index in [1.165, 1.54) is 22.2 Å². The smallest absolute Gasteiger partial charge is 0.155 e. The number of nitrogens with zero attached hydrogens (tertiary/aromatic N) is 1. The number of carbonyl (C=O) groups is 1. The zero-order chi connectivity index (χ0) is 16.5. The summed E-state index contributed by atoms with van der Waals surface area (Å²) >= 11 is 0. The average molecular weight is 322 g/mol. The van der Waals surface area contributed by atoms with Crippen molar-refractivity contribution in [3.05, 3.63) is 41.1 Å². The third-order valence-corrected chi connectivity index (χ3v) is 6.19. The second-order valence-corrected chi connectivity index (χ2v) is 7.51. The van der Waals surface area contributed by atoms with Crippen molar-refractivity contribution in [2.45, 2.75) is 31.7 Å². The van der Waals surface area contributed by atoms with E-state index >= 15 is 0 Å². The molecular formula is C20H22N2O2. The zero-order valence-corrected chi connectivity index (χ0v) is 14.2. The van der Waals surface area contributed by atoms with Gasteiger partial charge < -0.3 is 9.72 Å². The van der Waals surface area contributed by atoms with Gasteiger partial charge in [-0.1, -0.05) is 6.08 Å². The highest BCUT2D eigenvalue weighted by Gasteiger charge is 2.52. The highest BCUT2D eigenvalue weighted by Crippen LogP contribution is 2.52. The van der Waals surface area contributed by atoms with E-state index < -0.39 is 0 Å². The van der Waals surface area contributed by atoms with Crippen LogP contribution < -0.4 is 4.74 Å². The first kappa shape index (κ1) is 14.3. The normalized spacial score (nSPS) is 28.4. The Morgan fingerprint density at radius 1 is 1.42 bits per heavy atom. The van der Waals surface area contributed by atoms with Crippen molar-refractivity contribution >= 4 is 16.7 Å². The van der Waals surface area contributed by atoms with Crippen molar-refractivity contribution in [1.82, 2.24) is 9.88 Å². The van der Waals surface area contributed by atoms with Crippen LogP contribution in [0.4, 0.5) is 0 Å². The molecule has 2 bridgehead atoms. The average Bonchev–Trinajstić information content (AvgIpc) is 3.08. The van der Waals surface area contributed by atoms with E-state index in [1.54, 1.807) is 14.0 Å². The quantitative estimate of drug-likeness (QED) is 0.924. The lowest BCUT2D eigenvalue weighted by atomic mass is 9.76. The fourth-order valence-corrected chi connectivity index (χ4v) is 5.15. The summed E-state index contributed by atoms with van der Waals surface area (Å²) in [4.78, 5) is 18.3. The maximum atomic E-state index is 12.0. The number of benzene rings is 1. The molecule has 2 atom stereocenters. The molecule has 2 aliphatic heterocycles. The Balaban J connectivity index is 1.76. The van der Waals surface area contributed by atoms with Crippen LogP contribution in [0, 0.1) is 5.92 Å². The largest absolute Gasteiger partial charge is 0.497 e. The van der Waals surface area contributed by atoms with Crippen molar-refractivity contribution in [2.75, 3.05) is 20.2 Å². The van der Waals surface area contributed by atoms with Gasteiger partial charge >= 0.3 is 0 Å². The minimum absolute atomic E-state index is 0.107. The first-order valence-corrected chi connectivity index (χ1v) is 8.77. The van der Waals surface area contributed by atoms with E-state index in [4.69, 9.17) is 4.74 Å². The minimum atomic E-state index is -0.107. The fourth-order valence-electron chi connectivity index (χ4n) is 5.15. The van der Waals surface area contributed by atoms with E-state index in [-0.39, 0.29) is 11.3 Å². The van der Waals surface area contributed by atoms with Gasteiger partial charge in [0.2, 0.25) is 0 Å². The first-order chi connectivity index (χ1) is 11.6. The van der Waals surface area contributed by atoms with Crippen molar-refractivity contribution in [2.24, 2.45) is 5.92 Å². The van der Waals surface area contributed by atoms with Gasteiger partial charge in [-0.3, -0.25) is 9.69 Å². The van der Waals surface area contributed by atoms with Crippen molar-refractivity contribution in [1.29, 1.82) is 0 Å². The molecule has 5 rings (SSSR count). The molecule has 24 heavy (non-hydrogen) atoms. The number of nitrogens with one attached hydrogen (secondary N) is 1. The minimum Gasteiger partial charge on any atom is -0.497 e. The number of aromatic amines is 1. The Labute approximate surface area is 141 Å². The van der Waals surface area contributed by atoms with Gasteiger partial charge in [-0.25, -0.2) is 0 Å². The summed E-state index contributed by atoms with van der Waals surface area (Å²) in [6.07, 6.45) is 5.39. The molecule has 4 heteroatoms. The zero-order valence-electron chi connectivity index (χ0n) is 14.2. The van der Waals surface area contributed by atoms with Gasteiger partial charge in [0.15, 0.2) is 5.78 Å². The van der Waals surface area contributed by atoms with Gasteiger partial charge in [0, 0.05) is 29.7 Å². The molecule has 124 valence electrons. The van der Waals surface area contributed by atoms with E-state index in [2.05, 4.69) is 28.1 Å². The Bertz CT molecular complexity index is 894. The summed E-state index contributed by atoms with van der Waals surface area (Å²) in [5.74, 6) is 1.73. The third kappa shape index (κ3) is 1.75. The number of fused-ring (bicyclic) bond motifs is 4. The number of H-pyrrole nitrogens is 1. The monoisotopic (exact) mass is 322 g/mol. The fraction of sp³-hybridized carbons (Fsp3) is 0.450. The Morgan fingerprint density at radius 3 is 3.08 bits per heavy atom. The number of aromatic nitrogens is 1. The van der Waals surface area contributed by atoms with Gasteiger partial charge in [0.1, 0.15) is 5.75 Å². The number of hydrogen-bond acceptors (Lipinski definition) is 3. The van der Waals surface area contributed by atoms with Crippen molar-refractivity contribution in [3.8, 4) is 5.75 Å². The molecule has 0 saturated carbocycles. The summed E-state index contributed by atoms with van der Waals surface area (Å²) in [5.41, 5.74) is 4.78. The van der Waals surface area contributed by atoms with E-state index in [0.717, 1.165) is 43.7 Å². The molecule has 2 aromatic rings. The lowest BCUT2D eigenvalue weighted by Gasteiger charge is -2.41. The van der Waals surface area contributed by atoms with E-state index in [9.17, 15) is 4.79 Å². The summed E-state index contributed by atoms with van der Waals surface area (Å²) in [6, 6.07) is 6.26. The van der Waals surface area contributed by atoms with Crippen LogP contribution in [0.1, 0.15) is 31.0 Å². The van der Waals surface area contributed by atoms with Crippen LogP contribution in [0.5, 0.6) is 5.75 Å². The number of carbonyl (C=O) groups excluding carboxylic acids is 1. The Hall–Kier alpha value is -2.07. The molecule has 1 spiro atoms. The topological polar surface area (TPSA) is 45.3 Å². The molecule has 1 aromatic carbocycles. The molecular weight excluding hydrogens is 300 g/mol. The lowest BCUT2D eigenvalue weighted by molar-refractivity contribution is -0.114. The number of Topliss-reactive ketones (excluding diaryl/α,β-unsaturated/α-hetero) is 1. The van der Waals surface area contributed by atoms with Crippen LogP contribution in [0.3, 0.4) is 0 Å². The summed E-state index contributed by atoms with van der Waals surface area (Å²) in [7, 11) is 1.71. The predicted molar refractivity (Wildman–Crippen MR) is 93.3 cm³/mol. The first-order valence-electron chi connectivity index (χ1n) is 8.77. The number of rotatable bonds is 2. The summed E-state index contributed by atoms with van der Waals surface area (Å²) < 4.78 is 5.42. The number of hydrogen-bond donors (Lipinski definition) is 1. The number of ketones is 1. The summed E-state index contributed by atoms with van der Waals surface area (Å²) in [6.45, 7) is 3.87. The maximum absolute atomic E-state index is 12.0. The highest BCUT2D eigenvalue weighted by molar-refractivity contribution is 5.94. The predicted octanol–water partition coefficient (Wildman–Crippen LogP) is 3.17. The molecule has 1 N–H and O–H groups in total. The SMILES string of the molecule is COc1ccc2[nH]c3c(c2c1)CCN1C[C@H]2CC(C(C)=O)=C[C@]31C2. The maximum Gasteiger partial charge on any atom is 0.155 e. The van der Waals surface area contributed by atoms with Crippen LogP contribution in [0.25, 0.3) is 10.9 Å². The molecule has 1 aliphatic carbocycles. The second kappa shape index (κ2) is 4.73. The van der Waals surface area contributed by atoms with Crippen LogP contribution in [-0.2, 0) is 16.8 Å². The molecule has 1 fully saturated rings. The Kier molecular flexibility index (Phi) is 2.82. The van der Waals surface area contributed by atoms with Gasteiger partial charge in [-0.05, 0) is 61.4 Å². The molecule has 3 aliphatic rings. The molecule has 0 unspecified atom stereocenters. The lowest BCUT2D eigenvalue weighted by Crippen LogP contribution is -2.45. The Morgan fingerprint density at radius 2 is 2.29 bits per heavy atom. The van der Waals surface area contributed by atoms with Gasteiger partial charge in [0.05, 0.1) is 12.6 Å². The van der Waals surface area contributed by atoms with Crippen molar-refractivity contribution < 1.29 is 9.53 Å². The van der Waals surface area contributed by atoms with Crippen LogP contribution >= 0.6 is 0 Å². The van der Waals surface area contributed by atoms with Crippen molar-refractivity contribution in [3.63, 3.8) is 0 Å². The molecule has 4 nitrogen and oxygen atoms in total. The standard InChI is InChI=1S/C20H22N2O2/c1-12(23)14-7-13-9-20(10-14)19-16(5-6-22(20)11-13)17-8-15(24-2)3-4-18(17)21-19/h3-4,8,10,13,21H,5-7,9,11H2,1-2H3/t13-,20+/m0/s1. The molecule has 3 heterocycles. The van der Waals surface area contributed by atoms with Crippen LogP contribution in [0.15, 0.2) is 29.8 Å². The molecule has 0 amide bonds. The van der Waals surface area contributed by atoms with Gasteiger partial charge in [-0.2, -0.15) is 0 Å². The summed E-state index contributed by atoms with van der Waals surface area (Å²) in [5, 5.41) is 1.27. The number of ether oxygens (including phenoxy) is 1.